The fraction of sp³-hybridized carbons (Fsp3) is 0.400. The molecule has 0 saturated carbocycles. The maximum Gasteiger partial charge on any atom is 0.236 e. The Morgan fingerprint density at radius 1 is 1.31 bits per heavy atom. The van der Waals surface area contributed by atoms with Gasteiger partial charge in [-0.25, -0.2) is 8.42 Å². The van der Waals surface area contributed by atoms with Crippen LogP contribution in [0.4, 0.5) is 5.69 Å². The van der Waals surface area contributed by atoms with E-state index in [0.717, 1.165) is 10.2 Å². The number of hydrogen-bond acceptors (Lipinski definition) is 3. The van der Waals surface area contributed by atoms with Crippen LogP contribution in [0, 0.1) is 0 Å². The van der Waals surface area contributed by atoms with Crippen LogP contribution in [0.1, 0.15) is 0 Å². The highest BCUT2D eigenvalue weighted by Gasteiger charge is 2.24. The Morgan fingerprint density at radius 2 is 2.12 bits per heavy atom. The molecule has 0 atom stereocenters. The lowest BCUT2D eigenvalue weighted by molar-refractivity contribution is 0.594. The summed E-state index contributed by atoms with van der Waals surface area (Å²) in [5, 5.41) is 3.08. The lowest BCUT2D eigenvalue weighted by Gasteiger charge is -2.21. The van der Waals surface area contributed by atoms with Gasteiger partial charge in [-0.15, -0.1) is 0 Å². The number of anilines is 1. The Balaban J connectivity index is 2.37. The van der Waals surface area contributed by atoms with Gasteiger partial charge in [-0.05, 0) is 18.2 Å². The van der Waals surface area contributed by atoms with Crippen molar-refractivity contribution in [3.8, 4) is 0 Å². The van der Waals surface area contributed by atoms with Crippen molar-refractivity contribution in [1.82, 2.24) is 5.32 Å². The van der Waals surface area contributed by atoms with E-state index >= 15 is 0 Å². The van der Waals surface area contributed by atoms with Crippen molar-refractivity contribution < 1.29 is 8.42 Å². The number of halogens is 1. The molecule has 0 unspecified atom stereocenters. The number of hydrogen-bond donors (Lipinski definition) is 1. The standard InChI is InChI=1S/C10H13BrN2O2S/c11-9-2-1-3-10(8-9)13-6-4-12-5-7-16(13,14)15/h1-3,8,12H,4-7H2. The molecule has 0 bridgehead atoms. The fourth-order valence-corrected chi connectivity index (χ4v) is 3.49. The number of benzene rings is 1. The molecule has 1 aromatic carbocycles. The van der Waals surface area contributed by atoms with Crippen molar-refractivity contribution in [3.63, 3.8) is 0 Å². The minimum atomic E-state index is -3.18. The van der Waals surface area contributed by atoms with Crippen LogP contribution in [0.25, 0.3) is 0 Å². The predicted molar refractivity (Wildman–Crippen MR) is 68.1 cm³/mol. The molecule has 1 heterocycles. The zero-order valence-corrected chi connectivity index (χ0v) is 11.1. The first-order valence-electron chi connectivity index (χ1n) is 5.06. The van der Waals surface area contributed by atoms with Gasteiger partial charge in [-0.3, -0.25) is 4.31 Å². The van der Waals surface area contributed by atoms with Crippen LogP contribution in [0.5, 0.6) is 0 Å². The van der Waals surface area contributed by atoms with Gasteiger partial charge in [0.25, 0.3) is 0 Å². The van der Waals surface area contributed by atoms with Crippen molar-refractivity contribution in [1.29, 1.82) is 0 Å². The average Bonchev–Trinajstić information content (AvgIpc) is 2.39. The van der Waals surface area contributed by atoms with Crippen LogP contribution in [-0.4, -0.2) is 33.8 Å². The summed E-state index contributed by atoms with van der Waals surface area (Å²) in [7, 11) is -3.18. The summed E-state index contributed by atoms with van der Waals surface area (Å²) in [6, 6.07) is 7.36. The molecule has 1 saturated heterocycles. The molecule has 6 heteroatoms. The first-order chi connectivity index (χ1) is 7.59. The molecule has 88 valence electrons. The minimum absolute atomic E-state index is 0.152. The van der Waals surface area contributed by atoms with E-state index in [9.17, 15) is 8.42 Å². The molecule has 1 aromatic rings. The third-order valence-corrected chi connectivity index (χ3v) is 4.74. The average molecular weight is 305 g/mol. The normalized spacial score (nSPS) is 20.4. The summed E-state index contributed by atoms with van der Waals surface area (Å²) in [4.78, 5) is 0. The molecule has 1 N–H and O–H groups in total. The molecule has 0 aliphatic carbocycles. The van der Waals surface area contributed by atoms with Gasteiger partial charge in [0.1, 0.15) is 0 Å². The molecule has 16 heavy (non-hydrogen) atoms. The van der Waals surface area contributed by atoms with Crippen LogP contribution >= 0.6 is 15.9 Å². The molecule has 1 aliphatic heterocycles. The second-order valence-electron chi connectivity index (χ2n) is 3.62. The first-order valence-corrected chi connectivity index (χ1v) is 7.46. The number of nitrogens with one attached hydrogen (secondary N) is 1. The van der Waals surface area contributed by atoms with Crippen molar-refractivity contribution in [2.24, 2.45) is 0 Å². The highest BCUT2D eigenvalue weighted by Crippen LogP contribution is 2.22. The SMILES string of the molecule is O=S1(=O)CCNCCN1c1cccc(Br)c1. The van der Waals surface area contributed by atoms with Gasteiger partial charge in [-0.1, -0.05) is 22.0 Å². The topological polar surface area (TPSA) is 49.4 Å². The van der Waals surface area contributed by atoms with Crippen molar-refractivity contribution in [2.75, 3.05) is 29.7 Å². The third-order valence-electron chi connectivity index (χ3n) is 2.46. The number of sulfonamides is 1. The van der Waals surface area contributed by atoms with Crippen LogP contribution in [0.15, 0.2) is 28.7 Å². The van der Waals surface area contributed by atoms with Gasteiger partial charge in [0.2, 0.25) is 10.0 Å². The van der Waals surface area contributed by atoms with Crippen LogP contribution in [-0.2, 0) is 10.0 Å². The van der Waals surface area contributed by atoms with E-state index in [0.29, 0.717) is 19.6 Å². The second kappa shape index (κ2) is 4.73. The van der Waals surface area contributed by atoms with E-state index in [1.807, 2.05) is 24.3 Å². The summed E-state index contributed by atoms with van der Waals surface area (Å²) in [5.41, 5.74) is 0.720. The zero-order valence-electron chi connectivity index (χ0n) is 8.69. The lowest BCUT2D eigenvalue weighted by Crippen LogP contribution is -2.33. The van der Waals surface area contributed by atoms with Crippen molar-refractivity contribution >= 4 is 31.6 Å². The smallest absolute Gasteiger partial charge is 0.236 e. The first kappa shape index (κ1) is 11.9. The molecule has 1 fully saturated rings. The van der Waals surface area contributed by atoms with Gasteiger partial charge in [-0.2, -0.15) is 0 Å². The monoisotopic (exact) mass is 304 g/mol. The molecular formula is C10H13BrN2O2S. The fourth-order valence-electron chi connectivity index (χ4n) is 1.68. The van der Waals surface area contributed by atoms with Gasteiger partial charge in [0.05, 0.1) is 11.4 Å². The summed E-state index contributed by atoms with van der Waals surface area (Å²) in [6.45, 7) is 1.69. The molecule has 0 spiro atoms. The third kappa shape index (κ3) is 2.56. The maximum atomic E-state index is 12.0. The Bertz CT molecular complexity index is 475. The zero-order chi connectivity index (χ0) is 11.6. The predicted octanol–water partition coefficient (Wildman–Crippen LogP) is 1.19. The van der Waals surface area contributed by atoms with E-state index in [4.69, 9.17) is 0 Å². The molecule has 0 amide bonds. The summed E-state index contributed by atoms with van der Waals surface area (Å²) in [5.74, 6) is 0.152. The Hall–Kier alpha value is -0.590. The molecule has 4 nitrogen and oxygen atoms in total. The highest BCUT2D eigenvalue weighted by atomic mass is 79.9. The Labute approximate surface area is 104 Å². The Kier molecular flexibility index (Phi) is 3.51. The van der Waals surface area contributed by atoms with E-state index in [1.165, 1.54) is 4.31 Å². The van der Waals surface area contributed by atoms with Gasteiger partial charge in [0, 0.05) is 24.1 Å². The second-order valence-corrected chi connectivity index (χ2v) is 6.55. The molecule has 2 rings (SSSR count). The van der Waals surface area contributed by atoms with Crippen LogP contribution in [0.3, 0.4) is 0 Å². The van der Waals surface area contributed by atoms with Gasteiger partial charge >= 0.3 is 0 Å². The molecule has 1 aliphatic rings. The molecule has 0 aromatic heterocycles. The van der Waals surface area contributed by atoms with E-state index in [-0.39, 0.29) is 5.75 Å². The van der Waals surface area contributed by atoms with Crippen molar-refractivity contribution in [3.05, 3.63) is 28.7 Å². The maximum absolute atomic E-state index is 12.0. The van der Waals surface area contributed by atoms with Crippen molar-refractivity contribution in [2.45, 2.75) is 0 Å². The molecule has 0 radical (unpaired) electrons. The van der Waals surface area contributed by atoms with E-state index in [2.05, 4.69) is 21.2 Å². The summed E-state index contributed by atoms with van der Waals surface area (Å²) >= 11 is 3.35. The Morgan fingerprint density at radius 3 is 2.88 bits per heavy atom. The highest BCUT2D eigenvalue weighted by molar-refractivity contribution is 9.10. The summed E-state index contributed by atoms with van der Waals surface area (Å²) in [6.07, 6.45) is 0. The number of nitrogens with zero attached hydrogens (tertiary/aromatic N) is 1. The minimum Gasteiger partial charge on any atom is -0.314 e. The van der Waals surface area contributed by atoms with Gasteiger partial charge in [0.15, 0.2) is 0 Å². The quantitative estimate of drug-likeness (QED) is 0.848. The number of rotatable bonds is 1. The van der Waals surface area contributed by atoms with E-state index < -0.39 is 10.0 Å². The molecular weight excluding hydrogens is 292 g/mol. The summed E-state index contributed by atoms with van der Waals surface area (Å²) < 4.78 is 26.3. The van der Waals surface area contributed by atoms with Crippen LogP contribution < -0.4 is 9.62 Å². The van der Waals surface area contributed by atoms with E-state index in [1.54, 1.807) is 0 Å². The van der Waals surface area contributed by atoms with Gasteiger partial charge < -0.3 is 5.32 Å². The lowest BCUT2D eigenvalue weighted by atomic mass is 10.3. The largest absolute Gasteiger partial charge is 0.314 e. The van der Waals surface area contributed by atoms with Crippen LogP contribution in [0.2, 0.25) is 0 Å².